The van der Waals surface area contributed by atoms with Gasteiger partial charge in [0.15, 0.2) is 5.82 Å². The Kier molecular flexibility index (Phi) is 4.62. The van der Waals surface area contributed by atoms with Gasteiger partial charge in [-0.15, -0.1) is 11.3 Å². The topological polar surface area (TPSA) is 87.4 Å². The maximum Gasteiger partial charge on any atom is 0.151 e. The molecule has 0 unspecified atom stereocenters. The third kappa shape index (κ3) is 3.43. The molecule has 0 fully saturated rings. The van der Waals surface area contributed by atoms with E-state index >= 15 is 0 Å². The minimum absolute atomic E-state index is 0.380. The summed E-state index contributed by atoms with van der Waals surface area (Å²) in [7, 11) is 0. The molecule has 1 aromatic carbocycles. The first-order valence-electron chi connectivity index (χ1n) is 7.76. The molecular weight excluding hydrogens is 403 g/mol. The largest absolute Gasteiger partial charge is 0.322 e. The molecule has 0 amide bonds. The van der Waals surface area contributed by atoms with Gasteiger partial charge in [0.05, 0.1) is 50.0 Å². The van der Waals surface area contributed by atoms with E-state index in [2.05, 4.69) is 25.3 Å². The second kappa shape index (κ2) is 7.08. The zero-order chi connectivity index (χ0) is 19.0. The number of nitrogens with zero attached hydrogens (tertiary/aromatic N) is 5. The number of rotatable bonds is 3. The van der Waals surface area contributed by atoms with Gasteiger partial charge in [0.2, 0.25) is 0 Å². The summed E-state index contributed by atoms with van der Waals surface area (Å²) in [6, 6.07) is 7.00. The van der Waals surface area contributed by atoms with Gasteiger partial charge in [-0.3, -0.25) is 4.98 Å². The third-order valence-electron chi connectivity index (χ3n) is 3.72. The summed E-state index contributed by atoms with van der Waals surface area (Å²) in [6.07, 6.45) is 4.99. The fraction of sp³-hybridized carbons (Fsp3) is 0.0556. The molecule has 0 bridgehead atoms. The van der Waals surface area contributed by atoms with Crippen LogP contribution in [0.1, 0.15) is 11.3 Å². The molecule has 9 heteroatoms. The molecule has 4 rings (SSSR count). The molecular formula is C18H10Cl2N6S. The van der Waals surface area contributed by atoms with Crippen molar-refractivity contribution in [2.24, 2.45) is 0 Å². The van der Waals surface area contributed by atoms with Gasteiger partial charge in [0.25, 0.3) is 0 Å². The van der Waals surface area contributed by atoms with E-state index in [1.807, 2.05) is 19.1 Å². The number of hydrogen-bond donors (Lipinski definition) is 1. The zero-order valence-corrected chi connectivity index (χ0v) is 16.2. The fourth-order valence-corrected chi connectivity index (χ4v) is 4.33. The first-order valence-corrected chi connectivity index (χ1v) is 9.33. The molecule has 0 aliphatic rings. The SMILES string of the molecule is Cc1cnc(Nc2nccc3nc(-c4c(Cl)cc(C#N)cc4Cl)sc23)cn1. The summed E-state index contributed by atoms with van der Waals surface area (Å²) in [5, 5.41) is 13.6. The van der Waals surface area contributed by atoms with Crippen LogP contribution < -0.4 is 5.32 Å². The number of hydrogen-bond acceptors (Lipinski definition) is 7. The Morgan fingerprint density at radius 3 is 2.56 bits per heavy atom. The Morgan fingerprint density at radius 2 is 1.89 bits per heavy atom. The van der Waals surface area contributed by atoms with Gasteiger partial charge < -0.3 is 5.32 Å². The first kappa shape index (κ1) is 17.6. The summed E-state index contributed by atoms with van der Waals surface area (Å²) < 4.78 is 0.839. The molecule has 0 aliphatic heterocycles. The van der Waals surface area contributed by atoms with E-state index in [4.69, 9.17) is 28.5 Å². The van der Waals surface area contributed by atoms with Crippen molar-refractivity contribution in [2.45, 2.75) is 6.92 Å². The molecule has 0 radical (unpaired) electrons. The number of pyridine rings is 1. The van der Waals surface area contributed by atoms with Crippen LogP contribution in [0, 0.1) is 18.3 Å². The molecule has 0 saturated heterocycles. The predicted octanol–water partition coefficient (Wildman–Crippen LogP) is 5.38. The summed E-state index contributed by atoms with van der Waals surface area (Å²) >= 11 is 14.1. The van der Waals surface area contributed by atoms with E-state index in [0.717, 1.165) is 15.9 Å². The van der Waals surface area contributed by atoms with Crippen molar-refractivity contribution < 1.29 is 0 Å². The Bertz CT molecular complexity index is 1170. The average molecular weight is 413 g/mol. The molecule has 0 spiro atoms. The monoisotopic (exact) mass is 412 g/mol. The zero-order valence-electron chi connectivity index (χ0n) is 13.9. The van der Waals surface area contributed by atoms with Crippen LogP contribution in [0.2, 0.25) is 10.0 Å². The lowest BCUT2D eigenvalue weighted by atomic mass is 10.1. The number of benzene rings is 1. The Balaban J connectivity index is 1.80. The van der Waals surface area contributed by atoms with Crippen molar-refractivity contribution in [1.82, 2.24) is 19.9 Å². The fourth-order valence-electron chi connectivity index (χ4n) is 2.47. The van der Waals surface area contributed by atoms with Gasteiger partial charge in [-0.05, 0) is 25.1 Å². The molecule has 4 aromatic rings. The van der Waals surface area contributed by atoms with Crippen molar-refractivity contribution in [1.29, 1.82) is 5.26 Å². The van der Waals surface area contributed by atoms with Gasteiger partial charge >= 0.3 is 0 Å². The number of aryl methyl sites for hydroxylation is 1. The number of halogens is 2. The molecule has 27 heavy (non-hydrogen) atoms. The second-order valence-electron chi connectivity index (χ2n) is 5.62. The highest BCUT2D eigenvalue weighted by Crippen LogP contribution is 2.41. The van der Waals surface area contributed by atoms with E-state index in [-0.39, 0.29) is 0 Å². The molecule has 132 valence electrons. The van der Waals surface area contributed by atoms with Crippen molar-refractivity contribution in [3.63, 3.8) is 0 Å². The van der Waals surface area contributed by atoms with Gasteiger partial charge in [-0.25, -0.2) is 15.0 Å². The standard InChI is InChI=1S/C18H10Cl2N6S/c1-9-7-24-14(8-23-9)26-17-16-13(2-3-22-17)25-18(27-16)15-11(19)4-10(6-21)5-12(15)20/h2-5,7-8H,1H3,(H,22,24,26). The lowest BCUT2D eigenvalue weighted by Crippen LogP contribution is -1.97. The Morgan fingerprint density at radius 1 is 1.11 bits per heavy atom. The van der Waals surface area contributed by atoms with E-state index in [1.165, 1.54) is 11.3 Å². The molecule has 1 N–H and O–H groups in total. The molecule has 3 aromatic heterocycles. The van der Waals surface area contributed by atoms with Crippen molar-refractivity contribution in [2.75, 3.05) is 5.32 Å². The highest BCUT2D eigenvalue weighted by Gasteiger charge is 2.17. The highest BCUT2D eigenvalue weighted by atomic mass is 35.5. The predicted molar refractivity (Wildman–Crippen MR) is 108 cm³/mol. The van der Waals surface area contributed by atoms with Gasteiger partial charge in [0, 0.05) is 11.8 Å². The highest BCUT2D eigenvalue weighted by molar-refractivity contribution is 7.22. The van der Waals surface area contributed by atoms with Crippen LogP contribution in [0.15, 0.2) is 36.8 Å². The Labute approximate surface area is 168 Å². The first-order chi connectivity index (χ1) is 13.0. The van der Waals surface area contributed by atoms with Crippen LogP contribution in [0.25, 0.3) is 20.8 Å². The Hall–Kier alpha value is -2.79. The number of aromatic nitrogens is 4. The number of anilines is 2. The molecule has 6 nitrogen and oxygen atoms in total. The van der Waals surface area contributed by atoms with Crippen molar-refractivity contribution >= 4 is 56.4 Å². The molecule has 0 atom stereocenters. The van der Waals surface area contributed by atoms with Crippen LogP contribution in [0.3, 0.4) is 0 Å². The van der Waals surface area contributed by atoms with Crippen molar-refractivity contribution in [3.8, 4) is 16.6 Å². The maximum atomic E-state index is 9.05. The number of fused-ring (bicyclic) bond motifs is 1. The molecule has 0 aliphatic carbocycles. The normalized spacial score (nSPS) is 10.7. The van der Waals surface area contributed by atoms with Gasteiger partial charge in [-0.1, -0.05) is 23.2 Å². The van der Waals surface area contributed by atoms with Crippen LogP contribution in [-0.4, -0.2) is 19.9 Å². The summed E-state index contributed by atoms with van der Waals surface area (Å²) in [5.74, 6) is 1.21. The molecule has 0 saturated carbocycles. The van der Waals surface area contributed by atoms with E-state index in [1.54, 1.807) is 30.7 Å². The third-order valence-corrected chi connectivity index (χ3v) is 5.41. The number of thiazole rings is 1. The van der Waals surface area contributed by atoms with E-state index in [0.29, 0.717) is 37.8 Å². The minimum atomic E-state index is 0.380. The second-order valence-corrected chi connectivity index (χ2v) is 7.44. The minimum Gasteiger partial charge on any atom is -0.322 e. The smallest absolute Gasteiger partial charge is 0.151 e. The van der Waals surface area contributed by atoms with E-state index in [9.17, 15) is 0 Å². The maximum absolute atomic E-state index is 9.05. The van der Waals surface area contributed by atoms with Crippen LogP contribution >= 0.6 is 34.5 Å². The van der Waals surface area contributed by atoms with Gasteiger partial charge in [0.1, 0.15) is 10.8 Å². The lowest BCUT2D eigenvalue weighted by Gasteiger charge is -2.05. The van der Waals surface area contributed by atoms with Crippen LogP contribution in [0.4, 0.5) is 11.6 Å². The average Bonchev–Trinajstić information content (AvgIpc) is 3.07. The lowest BCUT2D eigenvalue weighted by molar-refractivity contribution is 1.11. The molecule has 3 heterocycles. The van der Waals surface area contributed by atoms with Crippen LogP contribution in [0.5, 0.6) is 0 Å². The number of nitriles is 1. The van der Waals surface area contributed by atoms with E-state index < -0.39 is 0 Å². The summed E-state index contributed by atoms with van der Waals surface area (Å²) in [4.78, 5) is 17.5. The summed E-state index contributed by atoms with van der Waals surface area (Å²) in [6.45, 7) is 1.87. The van der Waals surface area contributed by atoms with Crippen LogP contribution in [-0.2, 0) is 0 Å². The number of nitrogens with one attached hydrogen (secondary N) is 1. The summed E-state index contributed by atoms with van der Waals surface area (Å²) in [5.41, 5.74) is 2.58. The van der Waals surface area contributed by atoms with Crippen molar-refractivity contribution in [3.05, 3.63) is 58.1 Å². The quantitative estimate of drug-likeness (QED) is 0.485. The van der Waals surface area contributed by atoms with Gasteiger partial charge in [-0.2, -0.15) is 5.26 Å².